The van der Waals surface area contributed by atoms with Crippen molar-refractivity contribution in [3.05, 3.63) is 88.4 Å². The smallest absolute Gasteiger partial charge is 0.262 e. The molecule has 1 unspecified atom stereocenters. The molecule has 0 aliphatic carbocycles. The van der Waals surface area contributed by atoms with Gasteiger partial charge in [-0.05, 0) is 47.9 Å². The van der Waals surface area contributed by atoms with Crippen LogP contribution in [0.5, 0.6) is 0 Å². The Bertz CT molecular complexity index is 961. The van der Waals surface area contributed by atoms with Crippen LogP contribution in [0.4, 0.5) is 0 Å². The minimum Gasteiger partial charge on any atom is -0.339 e. The molecule has 1 saturated heterocycles. The second-order valence-corrected chi connectivity index (χ2v) is 8.47. The zero-order valence-corrected chi connectivity index (χ0v) is 17.6. The van der Waals surface area contributed by atoms with Crippen LogP contribution in [0, 0.1) is 0 Å². The molecule has 0 radical (unpaired) electrons. The normalized spacial score (nSPS) is 17.3. The highest BCUT2D eigenvalue weighted by atomic mass is 32.1. The van der Waals surface area contributed by atoms with E-state index >= 15 is 0 Å². The summed E-state index contributed by atoms with van der Waals surface area (Å²) in [5.41, 5.74) is 2.07. The molecule has 6 heteroatoms. The lowest BCUT2D eigenvalue weighted by Crippen LogP contribution is -2.51. The third-order valence-corrected chi connectivity index (χ3v) is 6.35. The topological polar surface area (TPSA) is 62.3 Å². The molecule has 0 spiro atoms. The molecule has 1 aromatic carbocycles. The second-order valence-electron chi connectivity index (χ2n) is 7.52. The number of piperidine rings is 1. The lowest BCUT2D eigenvalue weighted by Gasteiger charge is -2.38. The molecule has 1 aliphatic heterocycles. The summed E-state index contributed by atoms with van der Waals surface area (Å²) in [6, 6.07) is 16.8. The summed E-state index contributed by atoms with van der Waals surface area (Å²) in [5.74, 6) is -0.230. The zero-order valence-electron chi connectivity index (χ0n) is 16.7. The number of amides is 2. The molecular formula is C24H25N3O2S. The quantitative estimate of drug-likeness (QED) is 0.650. The van der Waals surface area contributed by atoms with Crippen molar-refractivity contribution < 1.29 is 9.59 Å². The minimum absolute atomic E-state index is 0.00290. The van der Waals surface area contributed by atoms with E-state index in [0.29, 0.717) is 17.8 Å². The highest BCUT2D eigenvalue weighted by Gasteiger charge is 2.33. The highest BCUT2D eigenvalue weighted by Crippen LogP contribution is 2.31. The summed E-state index contributed by atoms with van der Waals surface area (Å²) >= 11 is 1.38. The van der Waals surface area contributed by atoms with E-state index in [-0.39, 0.29) is 17.9 Å². The molecule has 3 aromatic rings. The van der Waals surface area contributed by atoms with Gasteiger partial charge in [-0.15, -0.1) is 11.3 Å². The molecule has 1 N–H and O–H groups in total. The van der Waals surface area contributed by atoms with Crippen LogP contribution in [-0.2, 0) is 11.2 Å². The molecule has 2 aromatic heterocycles. The van der Waals surface area contributed by atoms with Crippen LogP contribution < -0.4 is 5.32 Å². The number of benzene rings is 1. The summed E-state index contributed by atoms with van der Waals surface area (Å²) in [6.45, 7) is 0.693. The molecule has 4 rings (SSSR count). The monoisotopic (exact) mass is 419 g/mol. The van der Waals surface area contributed by atoms with Crippen LogP contribution >= 0.6 is 11.3 Å². The van der Waals surface area contributed by atoms with E-state index in [0.717, 1.165) is 30.4 Å². The second kappa shape index (κ2) is 9.67. The maximum atomic E-state index is 13.7. The van der Waals surface area contributed by atoms with E-state index in [1.165, 1.54) is 11.3 Å². The predicted molar refractivity (Wildman–Crippen MR) is 118 cm³/mol. The van der Waals surface area contributed by atoms with Gasteiger partial charge in [0.25, 0.3) is 5.91 Å². The maximum Gasteiger partial charge on any atom is 0.262 e. The number of carbonyl (C=O) groups is 2. The number of hydrogen-bond acceptors (Lipinski definition) is 4. The third-order valence-electron chi connectivity index (χ3n) is 5.49. The SMILES string of the molecule is O=C(N[C@@H](Cc1ccccc1)C(=O)N1CCCCC1c1cccnc1)c1cccs1. The summed E-state index contributed by atoms with van der Waals surface area (Å²) in [6.07, 6.45) is 7.01. The van der Waals surface area contributed by atoms with Crippen molar-refractivity contribution in [2.75, 3.05) is 6.54 Å². The molecule has 1 aliphatic rings. The Morgan fingerprint density at radius 1 is 1.10 bits per heavy atom. The van der Waals surface area contributed by atoms with E-state index in [9.17, 15) is 9.59 Å². The largest absolute Gasteiger partial charge is 0.339 e. The molecule has 2 atom stereocenters. The van der Waals surface area contributed by atoms with E-state index in [4.69, 9.17) is 0 Å². The average Bonchev–Trinajstić information content (AvgIpc) is 3.35. The van der Waals surface area contributed by atoms with Gasteiger partial charge >= 0.3 is 0 Å². The zero-order chi connectivity index (χ0) is 20.8. The lowest BCUT2D eigenvalue weighted by atomic mass is 9.94. The number of thiophene rings is 1. The summed E-state index contributed by atoms with van der Waals surface area (Å²) in [7, 11) is 0. The van der Waals surface area contributed by atoms with E-state index < -0.39 is 6.04 Å². The Hall–Kier alpha value is -2.99. The Morgan fingerprint density at radius 2 is 1.97 bits per heavy atom. The van der Waals surface area contributed by atoms with Gasteiger partial charge in [-0.3, -0.25) is 14.6 Å². The molecule has 30 heavy (non-hydrogen) atoms. The van der Waals surface area contributed by atoms with Gasteiger partial charge in [0.05, 0.1) is 10.9 Å². The number of nitrogens with one attached hydrogen (secondary N) is 1. The molecule has 0 saturated carbocycles. The number of pyridine rings is 1. The van der Waals surface area contributed by atoms with E-state index in [1.54, 1.807) is 12.3 Å². The van der Waals surface area contributed by atoms with Crippen molar-refractivity contribution in [1.29, 1.82) is 0 Å². The van der Waals surface area contributed by atoms with Crippen LogP contribution in [0.2, 0.25) is 0 Å². The fourth-order valence-corrected chi connectivity index (χ4v) is 4.63. The Morgan fingerprint density at radius 3 is 2.70 bits per heavy atom. The van der Waals surface area contributed by atoms with Crippen molar-refractivity contribution in [1.82, 2.24) is 15.2 Å². The third kappa shape index (κ3) is 4.76. The van der Waals surface area contributed by atoms with Gasteiger partial charge < -0.3 is 10.2 Å². The van der Waals surface area contributed by atoms with Gasteiger partial charge in [-0.1, -0.05) is 42.5 Å². The van der Waals surface area contributed by atoms with Crippen LogP contribution in [0.25, 0.3) is 0 Å². The van der Waals surface area contributed by atoms with Crippen LogP contribution in [0.3, 0.4) is 0 Å². The van der Waals surface area contributed by atoms with Crippen LogP contribution in [0.1, 0.15) is 46.1 Å². The summed E-state index contributed by atoms with van der Waals surface area (Å²) in [4.78, 5) is 33.2. The van der Waals surface area contributed by atoms with Gasteiger partial charge in [-0.25, -0.2) is 0 Å². The van der Waals surface area contributed by atoms with Crippen molar-refractivity contribution in [3.63, 3.8) is 0 Å². The first-order chi connectivity index (χ1) is 14.7. The maximum absolute atomic E-state index is 13.7. The lowest BCUT2D eigenvalue weighted by molar-refractivity contribution is -0.137. The molecule has 2 amide bonds. The van der Waals surface area contributed by atoms with Crippen molar-refractivity contribution in [2.24, 2.45) is 0 Å². The van der Waals surface area contributed by atoms with Crippen molar-refractivity contribution >= 4 is 23.2 Å². The highest BCUT2D eigenvalue weighted by molar-refractivity contribution is 7.12. The first-order valence-corrected chi connectivity index (χ1v) is 11.2. The fourth-order valence-electron chi connectivity index (χ4n) is 4.00. The fraction of sp³-hybridized carbons (Fsp3) is 0.292. The predicted octanol–water partition coefficient (Wildman–Crippen LogP) is 4.24. The molecule has 154 valence electrons. The first kappa shape index (κ1) is 20.3. The van der Waals surface area contributed by atoms with Gasteiger partial charge in [0.2, 0.25) is 5.91 Å². The Balaban J connectivity index is 1.59. The number of hydrogen-bond donors (Lipinski definition) is 1. The summed E-state index contributed by atoms with van der Waals surface area (Å²) < 4.78 is 0. The molecule has 3 heterocycles. The van der Waals surface area contributed by atoms with Crippen LogP contribution in [-0.4, -0.2) is 34.3 Å². The van der Waals surface area contributed by atoms with Gasteiger partial charge in [0.15, 0.2) is 0 Å². The van der Waals surface area contributed by atoms with Gasteiger partial charge in [0.1, 0.15) is 6.04 Å². The van der Waals surface area contributed by atoms with Gasteiger partial charge in [-0.2, -0.15) is 0 Å². The standard InChI is InChI=1S/C24H25N3O2S/c28-23(22-12-7-15-30-22)26-20(16-18-8-2-1-3-9-18)24(29)27-14-5-4-11-21(27)19-10-6-13-25-17-19/h1-3,6-10,12-13,15,17,20-21H,4-5,11,14,16H2,(H,26,28)/t20-,21?/m0/s1. The molecular weight excluding hydrogens is 394 g/mol. The Labute approximate surface area is 180 Å². The van der Waals surface area contributed by atoms with Crippen LogP contribution in [0.15, 0.2) is 72.4 Å². The number of rotatable bonds is 6. The summed E-state index contributed by atoms with van der Waals surface area (Å²) in [5, 5.41) is 4.87. The van der Waals surface area contributed by atoms with Crippen molar-refractivity contribution in [2.45, 2.75) is 37.8 Å². The average molecular weight is 420 g/mol. The molecule has 0 bridgehead atoms. The van der Waals surface area contributed by atoms with E-state index in [1.807, 2.05) is 65.0 Å². The first-order valence-electron chi connectivity index (χ1n) is 10.3. The number of carbonyl (C=O) groups excluding carboxylic acids is 2. The number of aromatic nitrogens is 1. The van der Waals surface area contributed by atoms with Crippen molar-refractivity contribution in [3.8, 4) is 0 Å². The van der Waals surface area contributed by atoms with E-state index in [2.05, 4.69) is 10.3 Å². The number of likely N-dealkylation sites (tertiary alicyclic amines) is 1. The minimum atomic E-state index is -0.612. The molecule has 1 fully saturated rings. The number of nitrogens with zero attached hydrogens (tertiary/aromatic N) is 2. The van der Waals surface area contributed by atoms with Gasteiger partial charge in [0, 0.05) is 25.4 Å². The molecule has 5 nitrogen and oxygen atoms in total. The Kier molecular flexibility index (Phi) is 6.54.